The molecule has 1 atom stereocenters. The van der Waals surface area contributed by atoms with Crippen LogP contribution in [-0.2, 0) is 14.2 Å². The maximum absolute atomic E-state index is 5.75. The molecule has 0 aromatic heterocycles. The van der Waals surface area contributed by atoms with Gasteiger partial charge in [-0.25, -0.2) is 0 Å². The van der Waals surface area contributed by atoms with E-state index in [1.54, 1.807) is 7.11 Å². The van der Waals surface area contributed by atoms with Crippen LogP contribution < -0.4 is 5.32 Å². The monoisotopic (exact) mass is 273 g/mol. The van der Waals surface area contributed by atoms with Crippen LogP contribution in [0.3, 0.4) is 0 Å². The molecule has 1 rings (SSSR count). The van der Waals surface area contributed by atoms with Crippen molar-refractivity contribution in [2.24, 2.45) is 5.92 Å². The predicted octanol–water partition coefficient (Wildman–Crippen LogP) is 2.22. The molecule has 0 saturated heterocycles. The summed E-state index contributed by atoms with van der Waals surface area (Å²) in [5.74, 6) is 0.795. The van der Waals surface area contributed by atoms with Crippen molar-refractivity contribution in [1.82, 2.24) is 5.32 Å². The van der Waals surface area contributed by atoms with E-state index < -0.39 is 0 Å². The van der Waals surface area contributed by atoms with E-state index in [1.807, 2.05) is 0 Å². The zero-order valence-corrected chi connectivity index (χ0v) is 12.7. The number of rotatable bonds is 11. The fourth-order valence-corrected chi connectivity index (χ4v) is 2.73. The number of hydrogen-bond donors (Lipinski definition) is 1. The molecule has 1 aliphatic rings. The summed E-state index contributed by atoms with van der Waals surface area (Å²) in [7, 11) is 1.69. The first-order valence-corrected chi connectivity index (χ1v) is 7.76. The van der Waals surface area contributed by atoms with Crippen LogP contribution in [0.2, 0.25) is 0 Å². The molecular weight excluding hydrogens is 242 g/mol. The Balaban J connectivity index is 2.07. The SMILES string of the molecule is CCNC(COCCOCCOC)C1CCCCC1. The molecule has 0 heterocycles. The molecule has 19 heavy (non-hydrogen) atoms. The Hall–Kier alpha value is -0.160. The lowest BCUT2D eigenvalue weighted by Crippen LogP contribution is -2.41. The van der Waals surface area contributed by atoms with Gasteiger partial charge >= 0.3 is 0 Å². The minimum Gasteiger partial charge on any atom is -0.382 e. The highest BCUT2D eigenvalue weighted by Crippen LogP contribution is 2.26. The van der Waals surface area contributed by atoms with Crippen molar-refractivity contribution in [1.29, 1.82) is 0 Å². The second-order valence-corrected chi connectivity index (χ2v) is 5.24. The first-order valence-electron chi connectivity index (χ1n) is 7.76. The minimum atomic E-state index is 0.518. The van der Waals surface area contributed by atoms with Crippen LogP contribution in [-0.4, -0.2) is 52.7 Å². The fraction of sp³-hybridized carbons (Fsp3) is 1.00. The normalized spacial score (nSPS) is 18.6. The molecule has 4 nitrogen and oxygen atoms in total. The Morgan fingerprint density at radius 3 is 2.37 bits per heavy atom. The quantitative estimate of drug-likeness (QED) is 0.586. The van der Waals surface area contributed by atoms with Gasteiger partial charge in [0.2, 0.25) is 0 Å². The van der Waals surface area contributed by atoms with Crippen molar-refractivity contribution in [2.45, 2.75) is 45.1 Å². The number of hydrogen-bond acceptors (Lipinski definition) is 4. The van der Waals surface area contributed by atoms with Gasteiger partial charge in [0, 0.05) is 13.2 Å². The smallest absolute Gasteiger partial charge is 0.0701 e. The summed E-state index contributed by atoms with van der Waals surface area (Å²) in [5.41, 5.74) is 0. The minimum absolute atomic E-state index is 0.518. The van der Waals surface area contributed by atoms with E-state index in [1.165, 1.54) is 32.1 Å². The van der Waals surface area contributed by atoms with Gasteiger partial charge in [0.1, 0.15) is 0 Å². The van der Waals surface area contributed by atoms with Crippen molar-refractivity contribution in [3.8, 4) is 0 Å². The van der Waals surface area contributed by atoms with E-state index in [0.29, 0.717) is 32.5 Å². The van der Waals surface area contributed by atoms with Gasteiger partial charge in [0.15, 0.2) is 0 Å². The summed E-state index contributed by atoms with van der Waals surface area (Å²) in [4.78, 5) is 0. The first kappa shape index (κ1) is 16.9. The average Bonchev–Trinajstić information content (AvgIpc) is 2.46. The lowest BCUT2D eigenvalue weighted by molar-refractivity contribution is 0.0133. The molecule has 1 unspecified atom stereocenters. The van der Waals surface area contributed by atoms with Gasteiger partial charge in [-0.05, 0) is 25.3 Å². The number of methoxy groups -OCH3 is 1. The lowest BCUT2D eigenvalue weighted by atomic mass is 9.84. The van der Waals surface area contributed by atoms with Gasteiger partial charge in [-0.3, -0.25) is 0 Å². The molecule has 4 heteroatoms. The van der Waals surface area contributed by atoms with Crippen molar-refractivity contribution in [3.63, 3.8) is 0 Å². The molecule has 1 aliphatic carbocycles. The summed E-state index contributed by atoms with van der Waals surface area (Å²) in [6, 6.07) is 0.518. The topological polar surface area (TPSA) is 39.7 Å². The maximum atomic E-state index is 5.75. The van der Waals surface area contributed by atoms with Crippen LogP contribution in [0.4, 0.5) is 0 Å². The Morgan fingerprint density at radius 1 is 1.00 bits per heavy atom. The van der Waals surface area contributed by atoms with Gasteiger partial charge in [0.25, 0.3) is 0 Å². The average molecular weight is 273 g/mol. The summed E-state index contributed by atoms with van der Waals surface area (Å²) >= 11 is 0. The third-order valence-corrected chi connectivity index (χ3v) is 3.79. The third-order valence-electron chi connectivity index (χ3n) is 3.79. The number of likely N-dealkylation sites (N-methyl/N-ethyl adjacent to an activating group) is 1. The van der Waals surface area contributed by atoms with E-state index in [4.69, 9.17) is 14.2 Å². The van der Waals surface area contributed by atoms with E-state index in [-0.39, 0.29) is 0 Å². The molecule has 1 N–H and O–H groups in total. The number of ether oxygens (including phenoxy) is 3. The molecule has 0 aliphatic heterocycles. The second kappa shape index (κ2) is 11.6. The zero-order chi connectivity index (χ0) is 13.8. The molecule has 0 amide bonds. The molecule has 0 aromatic carbocycles. The highest BCUT2D eigenvalue weighted by molar-refractivity contribution is 4.78. The van der Waals surface area contributed by atoms with Gasteiger partial charge in [-0.2, -0.15) is 0 Å². The Morgan fingerprint density at radius 2 is 1.68 bits per heavy atom. The second-order valence-electron chi connectivity index (χ2n) is 5.24. The van der Waals surface area contributed by atoms with Crippen molar-refractivity contribution < 1.29 is 14.2 Å². The van der Waals surface area contributed by atoms with Crippen LogP contribution in [0, 0.1) is 5.92 Å². The Bertz CT molecular complexity index is 196. The van der Waals surface area contributed by atoms with Crippen LogP contribution in [0.15, 0.2) is 0 Å². The third kappa shape index (κ3) is 7.88. The molecule has 114 valence electrons. The molecule has 0 spiro atoms. The Kier molecular flexibility index (Phi) is 10.4. The van der Waals surface area contributed by atoms with Crippen molar-refractivity contribution in [2.75, 3.05) is 46.7 Å². The van der Waals surface area contributed by atoms with Gasteiger partial charge in [-0.1, -0.05) is 26.2 Å². The molecule has 0 aromatic rings. The van der Waals surface area contributed by atoms with E-state index >= 15 is 0 Å². The summed E-state index contributed by atoms with van der Waals surface area (Å²) in [5, 5.41) is 3.58. The fourth-order valence-electron chi connectivity index (χ4n) is 2.73. The maximum Gasteiger partial charge on any atom is 0.0701 e. The molecule has 1 saturated carbocycles. The van der Waals surface area contributed by atoms with E-state index in [0.717, 1.165) is 19.1 Å². The summed E-state index contributed by atoms with van der Waals surface area (Å²) in [6.45, 7) is 6.65. The first-order chi connectivity index (χ1) is 9.38. The van der Waals surface area contributed by atoms with Crippen LogP contribution in [0.5, 0.6) is 0 Å². The van der Waals surface area contributed by atoms with Gasteiger partial charge in [-0.15, -0.1) is 0 Å². The summed E-state index contributed by atoms with van der Waals surface area (Å²) in [6.07, 6.45) is 6.87. The number of nitrogens with one attached hydrogen (secondary N) is 1. The van der Waals surface area contributed by atoms with Crippen LogP contribution in [0.25, 0.3) is 0 Å². The van der Waals surface area contributed by atoms with Gasteiger partial charge < -0.3 is 19.5 Å². The van der Waals surface area contributed by atoms with Crippen molar-refractivity contribution >= 4 is 0 Å². The largest absolute Gasteiger partial charge is 0.382 e. The van der Waals surface area contributed by atoms with E-state index in [9.17, 15) is 0 Å². The predicted molar refractivity (Wildman–Crippen MR) is 77.6 cm³/mol. The zero-order valence-electron chi connectivity index (χ0n) is 12.7. The molecule has 0 radical (unpaired) electrons. The molecule has 0 bridgehead atoms. The van der Waals surface area contributed by atoms with Crippen LogP contribution >= 0.6 is 0 Å². The van der Waals surface area contributed by atoms with Crippen molar-refractivity contribution in [3.05, 3.63) is 0 Å². The molecular formula is C15H31NO3. The highest BCUT2D eigenvalue weighted by atomic mass is 16.5. The van der Waals surface area contributed by atoms with Gasteiger partial charge in [0.05, 0.1) is 33.0 Å². The summed E-state index contributed by atoms with van der Waals surface area (Å²) < 4.78 is 16.1. The lowest BCUT2D eigenvalue weighted by Gasteiger charge is -2.30. The van der Waals surface area contributed by atoms with Crippen LogP contribution in [0.1, 0.15) is 39.0 Å². The van der Waals surface area contributed by atoms with E-state index in [2.05, 4.69) is 12.2 Å². The highest BCUT2D eigenvalue weighted by Gasteiger charge is 2.22. The standard InChI is InChI=1S/C15H31NO3/c1-3-16-15(14-7-5-4-6-8-14)13-19-12-11-18-10-9-17-2/h14-16H,3-13H2,1-2H3. The molecule has 1 fully saturated rings. The Labute approximate surface area is 118 Å².